The van der Waals surface area contributed by atoms with Crippen molar-refractivity contribution in [1.82, 2.24) is 5.32 Å². The Balaban J connectivity index is 2.34. The topological polar surface area (TPSA) is 21.3 Å². The van der Waals surface area contributed by atoms with Gasteiger partial charge in [-0.15, -0.1) is 0 Å². The van der Waals surface area contributed by atoms with Gasteiger partial charge in [0, 0.05) is 19.7 Å². The molecule has 1 fully saturated rings. The van der Waals surface area contributed by atoms with E-state index in [2.05, 4.69) is 19.2 Å². The van der Waals surface area contributed by atoms with E-state index in [1.807, 2.05) is 7.11 Å². The van der Waals surface area contributed by atoms with Crippen LogP contribution in [0.3, 0.4) is 0 Å². The summed E-state index contributed by atoms with van der Waals surface area (Å²) in [6.07, 6.45) is 2.87. The standard InChI is InChI=1S/C9H19NO/c1-4-9(11-3)8-5-7(2)10-6-8/h7-10H,4-6H2,1-3H3. The molecule has 11 heavy (non-hydrogen) atoms. The van der Waals surface area contributed by atoms with Crippen molar-refractivity contribution in [1.29, 1.82) is 0 Å². The van der Waals surface area contributed by atoms with Crippen LogP contribution in [-0.2, 0) is 4.74 Å². The van der Waals surface area contributed by atoms with Gasteiger partial charge in [-0.2, -0.15) is 0 Å². The average Bonchev–Trinajstić information content (AvgIpc) is 2.39. The quantitative estimate of drug-likeness (QED) is 0.669. The first-order chi connectivity index (χ1) is 5.27. The third kappa shape index (κ3) is 2.17. The third-order valence-corrected chi connectivity index (χ3v) is 2.62. The van der Waals surface area contributed by atoms with Gasteiger partial charge in [0.15, 0.2) is 0 Å². The lowest BCUT2D eigenvalue weighted by atomic mass is 9.98. The lowest BCUT2D eigenvalue weighted by Gasteiger charge is -2.19. The number of ether oxygens (including phenoxy) is 1. The maximum atomic E-state index is 5.39. The fourth-order valence-corrected chi connectivity index (χ4v) is 1.95. The van der Waals surface area contributed by atoms with E-state index in [0.29, 0.717) is 12.1 Å². The second-order valence-electron chi connectivity index (χ2n) is 3.49. The van der Waals surface area contributed by atoms with Gasteiger partial charge < -0.3 is 10.1 Å². The van der Waals surface area contributed by atoms with Crippen LogP contribution in [0, 0.1) is 5.92 Å². The maximum absolute atomic E-state index is 5.39. The van der Waals surface area contributed by atoms with E-state index in [1.54, 1.807) is 0 Å². The van der Waals surface area contributed by atoms with Crippen molar-refractivity contribution in [3.05, 3.63) is 0 Å². The van der Waals surface area contributed by atoms with E-state index in [-0.39, 0.29) is 0 Å². The van der Waals surface area contributed by atoms with Crippen molar-refractivity contribution in [2.75, 3.05) is 13.7 Å². The Morgan fingerprint density at radius 2 is 2.36 bits per heavy atom. The summed E-state index contributed by atoms with van der Waals surface area (Å²) in [5.41, 5.74) is 0. The molecule has 66 valence electrons. The fraction of sp³-hybridized carbons (Fsp3) is 1.00. The average molecular weight is 157 g/mol. The number of nitrogens with one attached hydrogen (secondary N) is 1. The zero-order valence-electron chi connectivity index (χ0n) is 7.76. The molecule has 1 rings (SSSR count). The van der Waals surface area contributed by atoms with Crippen LogP contribution in [-0.4, -0.2) is 25.8 Å². The van der Waals surface area contributed by atoms with Gasteiger partial charge in [0.1, 0.15) is 0 Å². The first kappa shape index (κ1) is 9.01. The molecule has 0 aromatic rings. The molecule has 0 radical (unpaired) electrons. The first-order valence-corrected chi connectivity index (χ1v) is 4.54. The SMILES string of the molecule is CCC(OC)C1CNC(C)C1. The van der Waals surface area contributed by atoms with Crippen molar-refractivity contribution in [2.24, 2.45) is 5.92 Å². The van der Waals surface area contributed by atoms with Crippen LogP contribution < -0.4 is 5.32 Å². The highest BCUT2D eigenvalue weighted by atomic mass is 16.5. The number of methoxy groups -OCH3 is 1. The Kier molecular flexibility index (Phi) is 3.34. The molecular formula is C9H19NO. The molecule has 0 amide bonds. The second-order valence-corrected chi connectivity index (χ2v) is 3.49. The normalized spacial score (nSPS) is 34.1. The van der Waals surface area contributed by atoms with Gasteiger partial charge in [-0.05, 0) is 25.7 Å². The highest BCUT2D eigenvalue weighted by Gasteiger charge is 2.26. The van der Waals surface area contributed by atoms with Crippen molar-refractivity contribution >= 4 is 0 Å². The summed E-state index contributed by atoms with van der Waals surface area (Å²) in [6, 6.07) is 0.684. The van der Waals surface area contributed by atoms with Gasteiger partial charge >= 0.3 is 0 Å². The monoisotopic (exact) mass is 157 g/mol. The molecule has 0 bridgehead atoms. The summed E-state index contributed by atoms with van der Waals surface area (Å²) < 4.78 is 5.39. The molecule has 2 nitrogen and oxygen atoms in total. The summed E-state index contributed by atoms with van der Waals surface area (Å²) in [5, 5.41) is 3.44. The van der Waals surface area contributed by atoms with Crippen LogP contribution in [0.2, 0.25) is 0 Å². The smallest absolute Gasteiger partial charge is 0.0609 e. The van der Waals surface area contributed by atoms with Crippen LogP contribution in [0.15, 0.2) is 0 Å². The van der Waals surface area contributed by atoms with E-state index < -0.39 is 0 Å². The van der Waals surface area contributed by atoms with Crippen molar-refractivity contribution < 1.29 is 4.74 Å². The Morgan fingerprint density at radius 1 is 1.64 bits per heavy atom. The Hall–Kier alpha value is -0.0800. The van der Waals surface area contributed by atoms with Gasteiger partial charge in [-0.1, -0.05) is 6.92 Å². The molecule has 3 unspecified atom stereocenters. The zero-order valence-corrected chi connectivity index (χ0v) is 7.76. The second kappa shape index (κ2) is 4.07. The minimum atomic E-state index is 0.465. The van der Waals surface area contributed by atoms with Crippen LogP contribution >= 0.6 is 0 Å². The number of hydrogen-bond donors (Lipinski definition) is 1. The van der Waals surface area contributed by atoms with E-state index >= 15 is 0 Å². The van der Waals surface area contributed by atoms with Gasteiger partial charge in [0.25, 0.3) is 0 Å². The Labute approximate surface area is 69.3 Å². The molecule has 2 heteroatoms. The van der Waals surface area contributed by atoms with Gasteiger partial charge in [0.2, 0.25) is 0 Å². The van der Waals surface area contributed by atoms with Crippen molar-refractivity contribution in [2.45, 2.75) is 38.8 Å². The summed E-state index contributed by atoms with van der Waals surface area (Å²) in [5.74, 6) is 0.736. The van der Waals surface area contributed by atoms with Crippen LogP contribution in [0.4, 0.5) is 0 Å². The van der Waals surface area contributed by atoms with Gasteiger partial charge in [-0.3, -0.25) is 0 Å². The van der Waals surface area contributed by atoms with Gasteiger partial charge in [-0.25, -0.2) is 0 Å². The van der Waals surface area contributed by atoms with E-state index in [9.17, 15) is 0 Å². The predicted molar refractivity (Wildman–Crippen MR) is 46.7 cm³/mol. The van der Waals surface area contributed by atoms with E-state index in [4.69, 9.17) is 4.74 Å². The minimum Gasteiger partial charge on any atom is -0.381 e. The molecular weight excluding hydrogens is 138 g/mol. The van der Waals surface area contributed by atoms with E-state index in [1.165, 1.54) is 6.42 Å². The zero-order chi connectivity index (χ0) is 8.27. The highest BCUT2D eigenvalue weighted by molar-refractivity contribution is 4.83. The molecule has 1 heterocycles. The van der Waals surface area contributed by atoms with Crippen LogP contribution in [0.1, 0.15) is 26.7 Å². The summed E-state index contributed by atoms with van der Waals surface area (Å²) in [6.45, 7) is 5.56. The minimum absolute atomic E-state index is 0.465. The number of hydrogen-bond acceptors (Lipinski definition) is 2. The molecule has 0 aliphatic carbocycles. The van der Waals surface area contributed by atoms with Crippen molar-refractivity contribution in [3.8, 4) is 0 Å². The lowest BCUT2D eigenvalue weighted by Crippen LogP contribution is -2.24. The van der Waals surface area contributed by atoms with Crippen molar-refractivity contribution in [3.63, 3.8) is 0 Å². The van der Waals surface area contributed by atoms with E-state index in [0.717, 1.165) is 18.9 Å². The largest absolute Gasteiger partial charge is 0.381 e. The molecule has 0 saturated carbocycles. The molecule has 1 aliphatic heterocycles. The number of rotatable bonds is 3. The molecule has 3 atom stereocenters. The van der Waals surface area contributed by atoms with Crippen LogP contribution in [0.25, 0.3) is 0 Å². The highest BCUT2D eigenvalue weighted by Crippen LogP contribution is 2.21. The Morgan fingerprint density at radius 3 is 2.73 bits per heavy atom. The Bertz CT molecular complexity index is 112. The molecule has 1 saturated heterocycles. The summed E-state index contributed by atoms with van der Waals surface area (Å²) >= 11 is 0. The fourth-order valence-electron chi connectivity index (χ4n) is 1.95. The van der Waals surface area contributed by atoms with Crippen LogP contribution in [0.5, 0.6) is 0 Å². The maximum Gasteiger partial charge on any atom is 0.0609 e. The molecule has 0 spiro atoms. The molecule has 1 aliphatic rings. The van der Waals surface area contributed by atoms with Gasteiger partial charge in [0.05, 0.1) is 6.10 Å². The first-order valence-electron chi connectivity index (χ1n) is 4.54. The summed E-state index contributed by atoms with van der Waals surface area (Å²) in [7, 11) is 1.82. The molecule has 1 N–H and O–H groups in total. The third-order valence-electron chi connectivity index (χ3n) is 2.62. The predicted octanol–water partition coefficient (Wildman–Crippen LogP) is 1.41. The lowest BCUT2D eigenvalue weighted by molar-refractivity contribution is 0.0554. The molecule has 0 aromatic heterocycles. The summed E-state index contributed by atoms with van der Waals surface area (Å²) in [4.78, 5) is 0. The molecule has 0 aromatic carbocycles.